The summed E-state index contributed by atoms with van der Waals surface area (Å²) in [5, 5.41) is 10.1. The van der Waals surface area contributed by atoms with Crippen molar-refractivity contribution in [3.63, 3.8) is 0 Å². The minimum Gasteiger partial charge on any atom is -0.398 e. The molecule has 5 nitrogen and oxygen atoms in total. The molecule has 0 aliphatic carbocycles. The Balaban J connectivity index is 2.06. The van der Waals surface area contributed by atoms with E-state index in [-0.39, 0.29) is 17.0 Å². The fourth-order valence-corrected chi connectivity index (χ4v) is 6.02. The summed E-state index contributed by atoms with van der Waals surface area (Å²) in [5.74, 6) is 0. The number of sulfonamides is 1. The van der Waals surface area contributed by atoms with Gasteiger partial charge in [-0.05, 0) is 50.3 Å². The number of aliphatic hydroxyl groups excluding tert-OH is 1. The van der Waals surface area contributed by atoms with Crippen LogP contribution in [0.5, 0.6) is 0 Å². The van der Waals surface area contributed by atoms with E-state index in [1.165, 1.54) is 6.07 Å². The Kier molecular flexibility index (Phi) is 3.68. The molecule has 2 aliphatic rings. The Labute approximate surface area is 129 Å². The summed E-state index contributed by atoms with van der Waals surface area (Å²) in [6.07, 6.45) is 2.21. The summed E-state index contributed by atoms with van der Waals surface area (Å²) < 4.78 is 27.6. The van der Waals surface area contributed by atoms with E-state index in [1.54, 1.807) is 17.3 Å². The number of fused-ring (bicyclic) bond motifs is 2. The van der Waals surface area contributed by atoms with Crippen molar-refractivity contribution in [3.05, 3.63) is 22.7 Å². The van der Waals surface area contributed by atoms with Crippen LogP contribution < -0.4 is 5.73 Å². The first-order valence-electron chi connectivity index (χ1n) is 7.08. The molecule has 0 radical (unpaired) electrons. The Morgan fingerprint density at radius 1 is 1.29 bits per heavy atom. The van der Waals surface area contributed by atoms with E-state index >= 15 is 0 Å². The van der Waals surface area contributed by atoms with Gasteiger partial charge in [-0.2, -0.15) is 4.31 Å². The van der Waals surface area contributed by atoms with E-state index in [0.29, 0.717) is 29.1 Å². The molecule has 1 aromatic rings. The van der Waals surface area contributed by atoms with E-state index in [2.05, 4.69) is 0 Å². The van der Waals surface area contributed by atoms with Gasteiger partial charge in [0.2, 0.25) is 10.0 Å². The van der Waals surface area contributed by atoms with Crippen LogP contribution in [0.15, 0.2) is 17.0 Å². The lowest BCUT2D eigenvalue weighted by Gasteiger charge is -2.36. The first-order valence-corrected chi connectivity index (χ1v) is 8.89. The van der Waals surface area contributed by atoms with Crippen LogP contribution in [0.25, 0.3) is 0 Å². The van der Waals surface area contributed by atoms with Crippen molar-refractivity contribution in [1.29, 1.82) is 0 Å². The Morgan fingerprint density at radius 2 is 1.86 bits per heavy atom. The molecule has 7 heteroatoms. The number of nitrogens with two attached hydrogens (primary N) is 1. The average Bonchev–Trinajstić information content (AvgIpc) is 2.67. The van der Waals surface area contributed by atoms with Gasteiger partial charge in [0, 0.05) is 22.8 Å². The van der Waals surface area contributed by atoms with Crippen molar-refractivity contribution in [2.75, 3.05) is 5.73 Å². The van der Waals surface area contributed by atoms with Crippen molar-refractivity contribution in [2.45, 2.75) is 55.7 Å². The monoisotopic (exact) mass is 330 g/mol. The highest BCUT2D eigenvalue weighted by Crippen LogP contribution is 2.41. The molecule has 0 spiro atoms. The van der Waals surface area contributed by atoms with E-state index in [0.717, 1.165) is 12.8 Å². The number of rotatable bonds is 2. The van der Waals surface area contributed by atoms with Crippen molar-refractivity contribution in [2.24, 2.45) is 0 Å². The van der Waals surface area contributed by atoms with Gasteiger partial charge in [0.1, 0.15) is 0 Å². The molecule has 2 saturated heterocycles. The molecular formula is C14H19ClN2O3S. The van der Waals surface area contributed by atoms with Crippen LogP contribution in [-0.2, 0) is 10.0 Å². The molecule has 2 unspecified atom stereocenters. The zero-order valence-corrected chi connectivity index (χ0v) is 13.4. The summed E-state index contributed by atoms with van der Waals surface area (Å²) in [6, 6.07) is 2.78. The zero-order chi connectivity index (χ0) is 15.4. The maximum absolute atomic E-state index is 13.0. The standard InChI is InChI=1S/C14H19ClN2O3S/c1-8-13(16)4-9(15)5-14(8)21(19,20)17-10-2-3-11(17)7-12(18)6-10/h4-5,10-12,18H,2-3,6-7,16H2,1H3. The van der Waals surface area contributed by atoms with Crippen LogP contribution in [0.1, 0.15) is 31.2 Å². The molecule has 2 bridgehead atoms. The topological polar surface area (TPSA) is 83.6 Å². The number of hydrogen-bond donors (Lipinski definition) is 2. The smallest absolute Gasteiger partial charge is 0.243 e. The van der Waals surface area contributed by atoms with Crippen molar-refractivity contribution in [3.8, 4) is 0 Å². The molecule has 0 aromatic heterocycles. The van der Waals surface area contributed by atoms with Crippen molar-refractivity contribution >= 4 is 27.3 Å². The third-order valence-corrected chi connectivity index (χ3v) is 6.91. The van der Waals surface area contributed by atoms with Crippen LogP contribution in [0, 0.1) is 6.92 Å². The maximum Gasteiger partial charge on any atom is 0.243 e. The first-order chi connectivity index (χ1) is 9.80. The number of anilines is 1. The first kappa shape index (κ1) is 15.1. The van der Waals surface area contributed by atoms with Crippen LogP contribution >= 0.6 is 11.6 Å². The molecule has 0 saturated carbocycles. The number of aliphatic hydroxyl groups is 1. The van der Waals surface area contributed by atoms with E-state index in [1.807, 2.05) is 0 Å². The highest BCUT2D eigenvalue weighted by Gasteiger charge is 2.47. The normalized spacial score (nSPS) is 29.8. The number of nitrogen functional groups attached to an aromatic ring is 1. The number of halogens is 1. The molecule has 116 valence electrons. The fourth-order valence-electron chi connectivity index (χ4n) is 3.55. The molecule has 2 fully saturated rings. The van der Waals surface area contributed by atoms with Crippen LogP contribution in [0.4, 0.5) is 5.69 Å². The fraction of sp³-hybridized carbons (Fsp3) is 0.571. The Morgan fingerprint density at radius 3 is 2.43 bits per heavy atom. The third-order valence-electron chi connectivity index (χ3n) is 4.56. The van der Waals surface area contributed by atoms with Gasteiger partial charge in [0.25, 0.3) is 0 Å². The lowest BCUT2D eigenvalue weighted by Crippen LogP contribution is -2.48. The van der Waals surface area contributed by atoms with E-state index < -0.39 is 16.1 Å². The van der Waals surface area contributed by atoms with Gasteiger partial charge in [-0.1, -0.05) is 11.6 Å². The number of hydrogen-bond acceptors (Lipinski definition) is 4. The predicted octanol–water partition coefficient (Wildman–Crippen LogP) is 1.91. The average molecular weight is 331 g/mol. The van der Waals surface area contributed by atoms with E-state index in [9.17, 15) is 13.5 Å². The molecule has 21 heavy (non-hydrogen) atoms. The number of benzene rings is 1. The quantitative estimate of drug-likeness (QED) is 0.811. The summed E-state index contributed by atoms with van der Waals surface area (Å²) in [4.78, 5) is 0.181. The van der Waals surface area contributed by atoms with Gasteiger partial charge >= 0.3 is 0 Å². The van der Waals surface area contributed by atoms with Crippen molar-refractivity contribution in [1.82, 2.24) is 4.31 Å². The van der Waals surface area contributed by atoms with Gasteiger partial charge in [-0.25, -0.2) is 8.42 Å². The second kappa shape index (κ2) is 5.12. The lowest BCUT2D eigenvalue weighted by atomic mass is 10.0. The summed E-state index contributed by atoms with van der Waals surface area (Å²) >= 11 is 5.98. The van der Waals surface area contributed by atoms with Gasteiger partial charge in [-0.15, -0.1) is 0 Å². The molecule has 0 amide bonds. The van der Waals surface area contributed by atoms with Crippen LogP contribution in [0.3, 0.4) is 0 Å². The highest BCUT2D eigenvalue weighted by molar-refractivity contribution is 7.89. The minimum absolute atomic E-state index is 0.122. The maximum atomic E-state index is 13.0. The third kappa shape index (κ3) is 2.44. The largest absolute Gasteiger partial charge is 0.398 e. The minimum atomic E-state index is -3.64. The predicted molar refractivity (Wildman–Crippen MR) is 81.7 cm³/mol. The second-order valence-electron chi connectivity index (χ2n) is 5.96. The summed E-state index contributed by atoms with van der Waals surface area (Å²) in [6.45, 7) is 1.69. The molecule has 2 aliphatic heterocycles. The van der Waals surface area contributed by atoms with Crippen molar-refractivity contribution < 1.29 is 13.5 Å². The van der Waals surface area contributed by atoms with E-state index in [4.69, 9.17) is 17.3 Å². The number of piperidine rings is 1. The van der Waals surface area contributed by atoms with Crippen LogP contribution in [-0.4, -0.2) is 36.0 Å². The molecule has 3 N–H and O–H groups in total. The molecule has 3 rings (SSSR count). The summed E-state index contributed by atoms with van der Waals surface area (Å²) in [7, 11) is -3.64. The molecular weight excluding hydrogens is 312 g/mol. The number of nitrogens with zero attached hydrogens (tertiary/aromatic N) is 1. The molecule has 2 heterocycles. The van der Waals surface area contributed by atoms with Gasteiger partial charge in [0.15, 0.2) is 0 Å². The van der Waals surface area contributed by atoms with Crippen LogP contribution in [0.2, 0.25) is 5.02 Å². The summed E-state index contributed by atoms with van der Waals surface area (Å²) in [5.41, 5.74) is 6.76. The second-order valence-corrected chi connectivity index (χ2v) is 8.21. The SMILES string of the molecule is Cc1c(N)cc(Cl)cc1S(=O)(=O)N1C2CCC1CC(O)C2. The molecule has 1 aromatic carbocycles. The van der Waals surface area contributed by atoms with Gasteiger partial charge < -0.3 is 10.8 Å². The van der Waals surface area contributed by atoms with Gasteiger partial charge in [0.05, 0.1) is 11.0 Å². The van der Waals surface area contributed by atoms with Gasteiger partial charge in [-0.3, -0.25) is 0 Å². The zero-order valence-electron chi connectivity index (χ0n) is 11.8. The highest BCUT2D eigenvalue weighted by atomic mass is 35.5. The lowest BCUT2D eigenvalue weighted by molar-refractivity contribution is 0.0768. The molecule has 2 atom stereocenters. The Bertz CT molecular complexity index is 663. The Hall–Kier alpha value is -0.820.